The van der Waals surface area contributed by atoms with Crippen LogP contribution in [0.15, 0.2) is 12.2 Å². The molecule has 58 valence electrons. The lowest BCUT2D eigenvalue weighted by Crippen LogP contribution is -2.24. The van der Waals surface area contributed by atoms with Crippen LogP contribution in [-0.2, 0) is 9.63 Å². The van der Waals surface area contributed by atoms with Crippen molar-refractivity contribution in [2.75, 3.05) is 6.61 Å². The fourth-order valence-electron chi connectivity index (χ4n) is 0.370. The molecule has 0 unspecified atom stereocenters. The van der Waals surface area contributed by atoms with E-state index in [-0.39, 0.29) is 5.91 Å². The molecule has 3 nitrogen and oxygen atoms in total. The zero-order chi connectivity index (χ0) is 7.98. The van der Waals surface area contributed by atoms with Gasteiger partial charge in [-0.15, -0.1) is 0 Å². The van der Waals surface area contributed by atoms with Gasteiger partial charge >= 0.3 is 0 Å². The average molecular weight is 143 g/mol. The van der Waals surface area contributed by atoms with E-state index in [9.17, 15) is 4.79 Å². The van der Waals surface area contributed by atoms with Gasteiger partial charge in [0.15, 0.2) is 0 Å². The van der Waals surface area contributed by atoms with Gasteiger partial charge in [0, 0.05) is 5.57 Å². The minimum absolute atomic E-state index is 0.232. The van der Waals surface area contributed by atoms with Crippen molar-refractivity contribution >= 4 is 5.91 Å². The molecule has 0 aromatic rings. The predicted molar refractivity (Wildman–Crippen MR) is 39.2 cm³/mol. The van der Waals surface area contributed by atoms with Crippen LogP contribution in [0.2, 0.25) is 0 Å². The molecule has 0 aromatic carbocycles. The average Bonchev–Trinajstić information content (AvgIpc) is 1.98. The van der Waals surface area contributed by atoms with E-state index in [2.05, 4.69) is 16.9 Å². The Hall–Kier alpha value is -0.830. The molecule has 0 aliphatic rings. The van der Waals surface area contributed by atoms with E-state index in [1.54, 1.807) is 6.92 Å². The van der Waals surface area contributed by atoms with Crippen LogP contribution in [0.5, 0.6) is 0 Å². The number of hydroxylamine groups is 1. The van der Waals surface area contributed by atoms with Crippen LogP contribution in [0.3, 0.4) is 0 Å². The lowest BCUT2D eigenvalue weighted by molar-refractivity contribution is -0.129. The van der Waals surface area contributed by atoms with Gasteiger partial charge in [-0.2, -0.15) is 0 Å². The summed E-state index contributed by atoms with van der Waals surface area (Å²) in [4.78, 5) is 15.5. The van der Waals surface area contributed by atoms with E-state index in [0.717, 1.165) is 0 Å². The lowest BCUT2D eigenvalue weighted by Gasteiger charge is -2.02. The molecular weight excluding hydrogens is 130 g/mol. The van der Waals surface area contributed by atoms with Crippen molar-refractivity contribution in [3.63, 3.8) is 0 Å². The molecule has 0 rings (SSSR count). The van der Waals surface area contributed by atoms with E-state index < -0.39 is 0 Å². The number of hydrogen-bond acceptors (Lipinski definition) is 2. The van der Waals surface area contributed by atoms with Crippen LogP contribution in [-0.4, -0.2) is 12.5 Å². The Morgan fingerprint density at radius 1 is 1.60 bits per heavy atom. The third-order valence-corrected chi connectivity index (χ3v) is 1.06. The molecule has 1 N–H and O–H groups in total. The first kappa shape index (κ1) is 9.17. The van der Waals surface area contributed by atoms with Crippen molar-refractivity contribution in [3.05, 3.63) is 12.2 Å². The zero-order valence-electron chi connectivity index (χ0n) is 6.44. The first-order valence-electron chi connectivity index (χ1n) is 3.32. The van der Waals surface area contributed by atoms with Gasteiger partial charge < -0.3 is 0 Å². The fourth-order valence-corrected chi connectivity index (χ4v) is 0.370. The number of amides is 1. The first-order valence-corrected chi connectivity index (χ1v) is 3.32. The van der Waals surface area contributed by atoms with Crippen LogP contribution < -0.4 is 5.48 Å². The SMILES string of the molecule is C=C(CC)C(=O)NOCC. The van der Waals surface area contributed by atoms with Crippen molar-refractivity contribution in [1.82, 2.24) is 5.48 Å². The monoisotopic (exact) mass is 143 g/mol. The molecule has 0 radical (unpaired) electrons. The first-order chi connectivity index (χ1) is 4.72. The molecule has 1 amide bonds. The summed E-state index contributed by atoms with van der Waals surface area (Å²) in [7, 11) is 0. The van der Waals surface area contributed by atoms with Crippen molar-refractivity contribution in [1.29, 1.82) is 0 Å². The molecule has 0 aromatic heterocycles. The summed E-state index contributed by atoms with van der Waals surface area (Å²) in [6.07, 6.45) is 0.652. The molecule has 0 spiro atoms. The summed E-state index contributed by atoms with van der Waals surface area (Å²) in [5, 5.41) is 0. The second kappa shape index (κ2) is 4.99. The normalized spacial score (nSPS) is 9.00. The molecule has 3 heteroatoms. The van der Waals surface area contributed by atoms with Crippen LogP contribution in [0.25, 0.3) is 0 Å². The van der Waals surface area contributed by atoms with E-state index in [4.69, 9.17) is 0 Å². The van der Waals surface area contributed by atoms with Gasteiger partial charge in [0.05, 0.1) is 6.61 Å². The molecule has 0 aliphatic heterocycles. The number of nitrogens with one attached hydrogen (secondary N) is 1. The summed E-state index contributed by atoms with van der Waals surface area (Å²) in [6, 6.07) is 0. The number of carbonyl (C=O) groups is 1. The quantitative estimate of drug-likeness (QED) is 0.471. The zero-order valence-corrected chi connectivity index (χ0v) is 6.44. The molecular formula is C7H13NO2. The van der Waals surface area contributed by atoms with Crippen LogP contribution in [0.4, 0.5) is 0 Å². The maximum atomic E-state index is 10.8. The molecule has 0 saturated carbocycles. The van der Waals surface area contributed by atoms with Gasteiger partial charge in [-0.3, -0.25) is 9.63 Å². The maximum Gasteiger partial charge on any atom is 0.270 e. The lowest BCUT2D eigenvalue weighted by atomic mass is 10.2. The third kappa shape index (κ3) is 3.25. The number of hydrogen-bond donors (Lipinski definition) is 1. The minimum atomic E-state index is -0.232. The van der Waals surface area contributed by atoms with Gasteiger partial charge in [0.2, 0.25) is 0 Å². The molecule has 0 bridgehead atoms. The van der Waals surface area contributed by atoms with Gasteiger partial charge in [-0.1, -0.05) is 13.5 Å². The Kier molecular flexibility index (Phi) is 4.58. The van der Waals surface area contributed by atoms with E-state index in [1.807, 2.05) is 6.92 Å². The molecule has 10 heavy (non-hydrogen) atoms. The maximum absolute atomic E-state index is 10.8. The highest BCUT2D eigenvalue weighted by atomic mass is 16.6. The Labute approximate surface area is 61.0 Å². The predicted octanol–water partition coefficient (Wildman–Crippen LogP) is 1.02. The van der Waals surface area contributed by atoms with Crippen molar-refractivity contribution < 1.29 is 9.63 Å². The third-order valence-electron chi connectivity index (χ3n) is 1.06. The van der Waals surface area contributed by atoms with E-state index in [1.165, 1.54) is 0 Å². The van der Waals surface area contributed by atoms with Crippen molar-refractivity contribution in [2.45, 2.75) is 20.3 Å². The van der Waals surface area contributed by atoms with E-state index >= 15 is 0 Å². The second-order valence-corrected chi connectivity index (χ2v) is 1.82. The highest BCUT2D eigenvalue weighted by Gasteiger charge is 2.01. The minimum Gasteiger partial charge on any atom is -0.274 e. The molecule has 0 aliphatic carbocycles. The van der Waals surface area contributed by atoms with Crippen LogP contribution >= 0.6 is 0 Å². The second-order valence-electron chi connectivity index (χ2n) is 1.82. The van der Waals surface area contributed by atoms with Crippen LogP contribution in [0.1, 0.15) is 20.3 Å². The summed E-state index contributed by atoms with van der Waals surface area (Å²) in [5.74, 6) is -0.232. The largest absolute Gasteiger partial charge is 0.274 e. The number of rotatable bonds is 4. The summed E-state index contributed by atoms with van der Waals surface area (Å²) in [5.41, 5.74) is 2.78. The molecule has 0 saturated heterocycles. The van der Waals surface area contributed by atoms with Crippen molar-refractivity contribution in [2.24, 2.45) is 0 Å². The highest BCUT2D eigenvalue weighted by molar-refractivity contribution is 5.91. The number of carbonyl (C=O) groups excluding carboxylic acids is 1. The van der Waals surface area contributed by atoms with Crippen molar-refractivity contribution in [3.8, 4) is 0 Å². The Morgan fingerprint density at radius 3 is 2.60 bits per heavy atom. The standard InChI is InChI=1S/C7H13NO2/c1-4-6(3)7(9)8-10-5-2/h3-5H2,1-2H3,(H,8,9). The fraction of sp³-hybridized carbons (Fsp3) is 0.571. The van der Waals surface area contributed by atoms with Gasteiger partial charge in [0.1, 0.15) is 0 Å². The Bertz CT molecular complexity index is 132. The molecule has 0 heterocycles. The molecule has 0 atom stereocenters. The summed E-state index contributed by atoms with van der Waals surface area (Å²) < 4.78 is 0. The highest BCUT2D eigenvalue weighted by Crippen LogP contribution is 1.94. The van der Waals surface area contributed by atoms with Gasteiger partial charge in [-0.05, 0) is 13.3 Å². The summed E-state index contributed by atoms with van der Waals surface area (Å²) >= 11 is 0. The topological polar surface area (TPSA) is 38.3 Å². The Balaban J connectivity index is 3.52. The van der Waals surface area contributed by atoms with Gasteiger partial charge in [-0.25, -0.2) is 5.48 Å². The van der Waals surface area contributed by atoms with Gasteiger partial charge in [0.25, 0.3) is 5.91 Å². The Morgan fingerprint density at radius 2 is 2.20 bits per heavy atom. The smallest absolute Gasteiger partial charge is 0.270 e. The van der Waals surface area contributed by atoms with Crippen LogP contribution in [0, 0.1) is 0 Å². The van der Waals surface area contributed by atoms with E-state index in [0.29, 0.717) is 18.6 Å². The molecule has 0 fully saturated rings. The summed E-state index contributed by atoms with van der Waals surface area (Å²) in [6.45, 7) is 7.68.